The Hall–Kier alpha value is -1.40. The Kier molecular flexibility index (Phi) is 5.50. The molecule has 4 N–H and O–H groups in total. The molecule has 1 aromatic rings. The third-order valence-electron chi connectivity index (χ3n) is 3.58. The van der Waals surface area contributed by atoms with Crippen LogP contribution in [-0.4, -0.2) is 23.5 Å². The lowest BCUT2D eigenvalue weighted by Crippen LogP contribution is -2.47. The van der Waals surface area contributed by atoms with Gasteiger partial charge >= 0.3 is 5.97 Å². The van der Waals surface area contributed by atoms with Crippen molar-refractivity contribution in [2.75, 3.05) is 6.54 Å². The molecule has 0 saturated carbocycles. The average molecular weight is 284 g/mol. The molecule has 0 aromatic carbocycles. The molecule has 0 spiro atoms. The lowest BCUT2D eigenvalue weighted by atomic mass is 9.81. The first-order valence-corrected chi connectivity index (χ1v) is 7.16. The zero-order valence-corrected chi connectivity index (χ0v) is 12.0. The minimum absolute atomic E-state index is 0.211. The van der Waals surface area contributed by atoms with Crippen LogP contribution < -0.4 is 11.1 Å². The van der Waals surface area contributed by atoms with Crippen LogP contribution in [-0.2, 0) is 9.59 Å². The first kappa shape index (κ1) is 15.7. The minimum atomic E-state index is -1.06. The number of rotatable bonds is 7. The van der Waals surface area contributed by atoms with Gasteiger partial charge in [-0.25, -0.2) is 4.79 Å². The highest BCUT2D eigenvalue weighted by atomic mass is 32.1. The molecule has 1 atom stereocenters. The summed E-state index contributed by atoms with van der Waals surface area (Å²) in [4.78, 5) is 24.2. The second-order valence-corrected chi connectivity index (χ2v) is 5.43. The Balaban J connectivity index is 2.91. The Morgan fingerprint density at radius 2 is 2.11 bits per heavy atom. The van der Waals surface area contributed by atoms with Crippen LogP contribution in [0.15, 0.2) is 17.5 Å². The van der Waals surface area contributed by atoms with Crippen LogP contribution in [0.5, 0.6) is 0 Å². The molecule has 1 aromatic heterocycles. The van der Waals surface area contributed by atoms with Crippen LogP contribution in [0.3, 0.4) is 0 Å². The largest absolute Gasteiger partial charge is 0.479 e. The quantitative estimate of drug-likeness (QED) is 0.711. The molecule has 1 unspecified atom stereocenters. The van der Waals surface area contributed by atoms with E-state index in [2.05, 4.69) is 5.32 Å². The highest BCUT2D eigenvalue weighted by Crippen LogP contribution is 2.27. The highest BCUT2D eigenvalue weighted by molar-refractivity contribution is 7.10. The van der Waals surface area contributed by atoms with Gasteiger partial charge in [0.1, 0.15) is 0 Å². The first-order valence-electron chi connectivity index (χ1n) is 6.28. The molecule has 0 bridgehead atoms. The SMILES string of the molecule is CCC(CC)(CN)C(=O)NC(C(=O)O)c1cccs1. The number of hydrogen-bond donors (Lipinski definition) is 3. The van der Waals surface area contributed by atoms with E-state index in [0.717, 1.165) is 0 Å². The van der Waals surface area contributed by atoms with Crippen LogP contribution in [0.25, 0.3) is 0 Å². The summed E-state index contributed by atoms with van der Waals surface area (Å²) in [6.45, 7) is 3.98. The summed E-state index contributed by atoms with van der Waals surface area (Å²) in [5.41, 5.74) is 5.01. The fourth-order valence-corrected chi connectivity index (χ4v) is 2.71. The van der Waals surface area contributed by atoms with Crippen LogP contribution in [0, 0.1) is 5.41 Å². The Morgan fingerprint density at radius 1 is 1.47 bits per heavy atom. The zero-order chi connectivity index (χ0) is 14.5. The molecule has 0 aliphatic carbocycles. The van der Waals surface area contributed by atoms with Crippen molar-refractivity contribution in [2.45, 2.75) is 32.7 Å². The number of carboxylic acids is 1. The number of thiophene rings is 1. The van der Waals surface area contributed by atoms with E-state index in [-0.39, 0.29) is 12.5 Å². The number of carbonyl (C=O) groups is 2. The van der Waals surface area contributed by atoms with E-state index in [1.807, 2.05) is 13.8 Å². The van der Waals surface area contributed by atoms with Crippen molar-refractivity contribution in [3.63, 3.8) is 0 Å². The van der Waals surface area contributed by atoms with Crippen LogP contribution in [0.2, 0.25) is 0 Å². The standard InChI is InChI=1S/C13H20N2O3S/c1-3-13(4-2,8-14)12(18)15-10(11(16)17)9-6-5-7-19-9/h5-7,10H,3-4,8,14H2,1-2H3,(H,15,18)(H,16,17). The molecular formula is C13H20N2O3S. The summed E-state index contributed by atoms with van der Waals surface area (Å²) in [6.07, 6.45) is 1.17. The van der Waals surface area contributed by atoms with Gasteiger partial charge in [-0.05, 0) is 24.3 Å². The molecule has 1 rings (SSSR count). The van der Waals surface area contributed by atoms with Crippen molar-refractivity contribution in [3.8, 4) is 0 Å². The number of nitrogens with one attached hydrogen (secondary N) is 1. The van der Waals surface area contributed by atoms with Crippen molar-refractivity contribution in [1.82, 2.24) is 5.32 Å². The second kappa shape index (κ2) is 6.68. The summed E-state index contributed by atoms with van der Waals surface area (Å²) < 4.78 is 0. The van der Waals surface area contributed by atoms with Crippen molar-refractivity contribution in [2.24, 2.45) is 11.1 Å². The van der Waals surface area contributed by atoms with Crippen molar-refractivity contribution >= 4 is 23.2 Å². The van der Waals surface area contributed by atoms with Gasteiger partial charge in [0.25, 0.3) is 0 Å². The van der Waals surface area contributed by atoms with Crippen molar-refractivity contribution in [1.29, 1.82) is 0 Å². The van der Waals surface area contributed by atoms with Crippen LogP contribution in [0.1, 0.15) is 37.6 Å². The normalized spacial score (nSPS) is 13.0. The fraction of sp³-hybridized carbons (Fsp3) is 0.538. The number of carboxylic acid groups (broad SMARTS) is 1. The molecule has 0 radical (unpaired) electrons. The molecule has 6 heteroatoms. The van der Waals surface area contributed by atoms with Gasteiger partial charge in [0.2, 0.25) is 5.91 Å². The summed E-state index contributed by atoms with van der Waals surface area (Å²) in [6, 6.07) is 2.46. The summed E-state index contributed by atoms with van der Waals surface area (Å²) in [5.74, 6) is -1.35. The average Bonchev–Trinajstić information content (AvgIpc) is 2.92. The topological polar surface area (TPSA) is 92.4 Å². The van der Waals surface area contributed by atoms with Crippen molar-refractivity contribution in [3.05, 3.63) is 22.4 Å². The number of carbonyl (C=O) groups excluding carboxylic acids is 1. The third-order valence-corrected chi connectivity index (χ3v) is 4.51. The number of aliphatic carboxylic acids is 1. The van der Waals surface area contributed by atoms with E-state index in [1.54, 1.807) is 17.5 Å². The Bertz CT molecular complexity index is 419. The van der Waals surface area contributed by atoms with E-state index in [1.165, 1.54) is 11.3 Å². The Labute approximate surface area is 116 Å². The van der Waals surface area contributed by atoms with Crippen LogP contribution in [0.4, 0.5) is 0 Å². The summed E-state index contributed by atoms with van der Waals surface area (Å²) >= 11 is 1.31. The third kappa shape index (κ3) is 3.33. The van der Waals surface area contributed by atoms with E-state index < -0.39 is 17.4 Å². The number of amides is 1. The fourth-order valence-electron chi connectivity index (χ4n) is 1.95. The highest BCUT2D eigenvalue weighted by Gasteiger charge is 2.36. The Morgan fingerprint density at radius 3 is 2.47 bits per heavy atom. The van der Waals surface area contributed by atoms with Gasteiger partial charge in [0, 0.05) is 11.4 Å². The molecule has 1 heterocycles. The van der Waals surface area contributed by atoms with Gasteiger partial charge in [0.15, 0.2) is 6.04 Å². The van der Waals surface area contributed by atoms with E-state index in [0.29, 0.717) is 17.7 Å². The molecule has 5 nitrogen and oxygen atoms in total. The smallest absolute Gasteiger partial charge is 0.331 e. The predicted octanol–water partition coefficient (Wildman–Crippen LogP) is 1.76. The zero-order valence-electron chi connectivity index (χ0n) is 11.2. The van der Waals surface area contributed by atoms with Gasteiger partial charge in [-0.2, -0.15) is 0 Å². The molecule has 19 heavy (non-hydrogen) atoms. The maximum absolute atomic E-state index is 12.3. The molecule has 106 valence electrons. The van der Waals surface area contributed by atoms with Gasteiger partial charge in [0.05, 0.1) is 5.41 Å². The predicted molar refractivity (Wildman–Crippen MR) is 74.9 cm³/mol. The lowest BCUT2D eigenvalue weighted by molar-refractivity contribution is -0.144. The van der Waals surface area contributed by atoms with Crippen molar-refractivity contribution < 1.29 is 14.7 Å². The molecule has 0 aliphatic heterocycles. The molecule has 0 saturated heterocycles. The molecule has 0 fully saturated rings. The summed E-state index contributed by atoms with van der Waals surface area (Å²) in [5, 5.41) is 13.6. The van der Waals surface area contributed by atoms with Gasteiger partial charge < -0.3 is 16.2 Å². The molecule has 0 aliphatic rings. The van der Waals surface area contributed by atoms with Gasteiger partial charge in [-0.3, -0.25) is 4.79 Å². The maximum Gasteiger partial charge on any atom is 0.331 e. The first-order chi connectivity index (χ1) is 9.00. The van der Waals surface area contributed by atoms with Gasteiger partial charge in [-0.15, -0.1) is 11.3 Å². The minimum Gasteiger partial charge on any atom is -0.479 e. The summed E-state index contributed by atoms with van der Waals surface area (Å²) in [7, 11) is 0. The van der Waals surface area contributed by atoms with E-state index >= 15 is 0 Å². The molecular weight excluding hydrogens is 264 g/mol. The van der Waals surface area contributed by atoms with E-state index in [4.69, 9.17) is 5.73 Å². The monoisotopic (exact) mass is 284 g/mol. The lowest BCUT2D eigenvalue weighted by Gasteiger charge is -2.30. The number of hydrogen-bond acceptors (Lipinski definition) is 4. The maximum atomic E-state index is 12.3. The number of nitrogens with two attached hydrogens (primary N) is 1. The van der Waals surface area contributed by atoms with E-state index in [9.17, 15) is 14.7 Å². The second-order valence-electron chi connectivity index (χ2n) is 4.45. The van der Waals surface area contributed by atoms with Crippen LogP contribution >= 0.6 is 11.3 Å². The van der Waals surface area contributed by atoms with Gasteiger partial charge in [-0.1, -0.05) is 19.9 Å². The molecule has 1 amide bonds.